The van der Waals surface area contributed by atoms with Crippen molar-refractivity contribution in [3.05, 3.63) is 30.3 Å². The third-order valence-corrected chi connectivity index (χ3v) is 7.65. The van der Waals surface area contributed by atoms with Crippen LogP contribution in [-0.4, -0.2) is 85.3 Å². The number of amides is 1. The molecule has 2 aromatic heterocycles. The molecule has 210 valence electrons. The minimum absolute atomic E-state index is 0.188. The van der Waals surface area contributed by atoms with Crippen molar-refractivity contribution in [2.75, 3.05) is 38.0 Å². The topological polar surface area (TPSA) is 109 Å². The van der Waals surface area contributed by atoms with Crippen LogP contribution in [-0.2, 0) is 4.74 Å². The van der Waals surface area contributed by atoms with Crippen molar-refractivity contribution >= 4 is 22.9 Å². The number of fused-ring (bicyclic) bond motifs is 1. The highest BCUT2D eigenvalue weighted by atomic mass is 16.6. The molecule has 0 aliphatic carbocycles. The maximum atomic E-state index is 12.5. The minimum atomic E-state index is -0.466. The molecule has 3 aromatic rings. The summed E-state index contributed by atoms with van der Waals surface area (Å²) >= 11 is 0. The Hall–Kier alpha value is -3.40. The van der Waals surface area contributed by atoms with Crippen molar-refractivity contribution < 1.29 is 14.6 Å². The second kappa shape index (κ2) is 11.4. The van der Waals surface area contributed by atoms with E-state index in [9.17, 15) is 9.90 Å². The number of phenols is 1. The van der Waals surface area contributed by atoms with E-state index in [0.717, 1.165) is 81.7 Å². The molecule has 1 aromatic carbocycles. The van der Waals surface area contributed by atoms with Crippen LogP contribution < -0.4 is 5.32 Å². The molecule has 2 aliphatic heterocycles. The van der Waals surface area contributed by atoms with Crippen molar-refractivity contribution in [2.24, 2.45) is 0 Å². The molecule has 0 atom stereocenters. The van der Waals surface area contributed by atoms with E-state index in [1.807, 2.05) is 43.9 Å². The average molecular weight is 536 g/mol. The van der Waals surface area contributed by atoms with Crippen molar-refractivity contribution in [3.8, 4) is 17.0 Å². The SMILES string of the molecule is CCCNc1nn(C2CCN(C3CCN(C(=O)OC(C)(C)C)CC3)CC2)c2cc(-c3ccccc3O)nnc12. The highest BCUT2D eigenvalue weighted by Gasteiger charge is 2.32. The van der Waals surface area contributed by atoms with Gasteiger partial charge in [-0.2, -0.15) is 5.10 Å². The number of para-hydroxylation sites is 1. The van der Waals surface area contributed by atoms with Gasteiger partial charge in [-0.25, -0.2) is 4.79 Å². The zero-order valence-corrected chi connectivity index (χ0v) is 23.6. The molecule has 0 saturated carbocycles. The standard InChI is InChI=1S/C29H41N7O3/c1-5-14-30-27-26-24(19-23(31-32-26)22-8-6-7-9-25(22)37)36(33-27)21-12-15-34(16-13-21)20-10-17-35(18-11-20)28(38)39-29(2,3)4/h6-9,19-21,37H,5,10-18H2,1-4H3,(H,30,33). The Labute approximate surface area is 230 Å². The van der Waals surface area contributed by atoms with Crippen LogP contribution in [0.5, 0.6) is 5.75 Å². The van der Waals surface area contributed by atoms with Gasteiger partial charge in [-0.3, -0.25) is 4.68 Å². The van der Waals surface area contributed by atoms with E-state index >= 15 is 0 Å². The number of carbonyl (C=O) groups is 1. The predicted octanol–water partition coefficient (Wildman–Crippen LogP) is 5.06. The summed E-state index contributed by atoms with van der Waals surface area (Å²) in [5.41, 5.74) is 2.53. The Morgan fingerprint density at radius 3 is 2.41 bits per heavy atom. The molecule has 5 rings (SSSR count). The van der Waals surface area contributed by atoms with Crippen LogP contribution in [0.25, 0.3) is 22.3 Å². The maximum Gasteiger partial charge on any atom is 0.410 e. The first-order valence-electron chi connectivity index (χ1n) is 14.2. The third-order valence-electron chi connectivity index (χ3n) is 7.65. The number of nitrogens with one attached hydrogen (secondary N) is 1. The molecule has 2 fully saturated rings. The van der Waals surface area contributed by atoms with E-state index < -0.39 is 5.60 Å². The van der Waals surface area contributed by atoms with Crippen LogP contribution >= 0.6 is 0 Å². The highest BCUT2D eigenvalue weighted by molar-refractivity contribution is 5.88. The number of likely N-dealkylation sites (tertiary alicyclic amines) is 2. The number of hydrogen-bond acceptors (Lipinski definition) is 8. The monoisotopic (exact) mass is 535 g/mol. The number of nitrogens with zero attached hydrogens (tertiary/aromatic N) is 6. The normalized spacial score (nSPS) is 18.0. The molecular weight excluding hydrogens is 494 g/mol. The molecule has 10 nitrogen and oxygen atoms in total. The molecule has 0 unspecified atom stereocenters. The zero-order valence-electron chi connectivity index (χ0n) is 23.6. The number of ether oxygens (including phenoxy) is 1. The number of carbonyl (C=O) groups excluding carboxylic acids is 1. The quantitative estimate of drug-likeness (QED) is 0.451. The van der Waals surface area contributed by atoms with Gasteiger partial charge in [-0.1, -0.05) is 19.1 Å². The number of phenolic OH excluding ortho intramolecular Hbond substituents is 1. The molecule has 10 heteroatoms. The number of anilines is 1. The number of benzene rings is 1. The van der Waals surface area contributed by atoms with Crippen molar-refractivity contribution in [3.63, 3.8) is 0 Å². The molecule has 0 radical (unpaired) electrons. The van der Waals surface area contributed by atoms with Gasteiger partial charge in [0.15, 0.2) is 11.3 Å². The first kappa shape index (κ1) is 27.2. The Kier molecular flexibility index (Phi) is 7.93. The number of piperidine rings is 2. The van der Waals surface area contributed by atoms with E-state index in [-0.39, 0.29) is 17.9 Å². The van der Waals surface area contributed by atoms with Gasteiger partial charge in [0.05, 0.1) is 17.3 Å². The molecule has 39 heavy (non-hydrogen) atoms. The first-order chi connectivity index (χ1) is 18.7. The third kappa shape index (κ3) is 6.11. The van der Waals surface area contributed by atoms with E-state index in [1.54, 1.807) is 12.1 Å². The summed E-state index contributed by atoms with van der Waals surface area (Å²) in [6, 6.07) is 9.95. The summed E-state index contributed by atoms with van der Waals surface area (Å²) in [7, 11) is 0. The molecular formula is C29H41N7O3. The van der Waals surface area contributed by atoms with Crippen LogP contribution in [0.2, 0.25) is 0 Å². The number of rotatable bonds is 6. The van der Waals surface area contributed by atoms with Gasteiger partial charge in [0.25, 0.3) is 0 Å². The Bertz CT molecular complexity index is 1290. The van der Waals surface area contributed by atoms with Crippen molar-refractivity contribution in [1.29, 1.82) is 0 Å². The smallest absolute Gasteiger partial charge is 0.410 e. The Morgan fingerprint density at radius 1 is 1.05 bits per heavy atom. The van der Waals surface area contributed by atoms with Gasteiger partial charge in [-0.15, -0.1) is 10.2 Å². The lowest BCUT2D eigenvalue weighted by Crippen LogP contribution is -2.50. The van der Waals surface area contributed by atoms with E-state index in [1.165, 1.54) is 0 Å². The van der Waals surface area contributed by atoms with Gasteiger partial charge in [0.1, 0.15) is 11.4 Å². The molecule has 0 bridgehead atoms. The largest absolute Gasteiger partial charge is 0.507 e. The molecule has 2 N–H and O–H groups in total. The van der Waals surface area contributed by atoms with Gasteiger partial charge >= 0.3 is 6.09 Å². The summed E-state index contributed by atoms with van der Waals surface area (Å²) in [6.45, 7) is 12.1. The second-order valence-electron chi connectivity index (χ2n) is 11.7. The van der Waals surface area contributed by atoms with Gasteiger partial charge in [0.2, 0.25) is 0 Å². The van der Waals surface area contributed by atoms with Crippen LogP contribution in [0.15, 0.2) is 30.3 Å². The summed E-state index contributed by atoms with van der Waals surface area (Å²) in [5.74, 6) is 0.952. The predicted molar refractivity (Wildman–Crippen MR) is 152 cm³/mol. The lowest BCUT2D eigenvalue weighted by Gasteiger charge is -2.42. The molecule has 0 spiro atoms. The Balaban J connectivity index is 1.28. The van der Waals surface area contributed by atoms with Gasteiger partial charge in [-0.05, 0) is 71.1 Å². The maximum absolute atomic E-state index is 12.5. The molecule has 2 saturated heterocycles. The van der Waals surface area contributed by atoms with Crippen molar-refractivity contribution in [2.45, 2.75) is 77.5 Å². The lowest BCUT2D eigenvalue weighted by atomic mass is 9.98. The number of hydrogen-bond donors (Lipinski definition) is 2. The molecule has 2 aliphatic rings. The van der Waals surface area contributed by atoms with Gasteiger partial charge < -0.3 is 25.0 Å². The van der Waals surface area contributed by atoms with E-state index in [0.29, 0.717) is 17.3 Å². The second-order valence-corrected chi connectivity index (χ2v) is 11.7. The van der Waals surface area contributed by atoms with Crippen LogP contribution in [0.4, 0.5) is 10.6 Å². The van der Waals surface area contributed by atoms with E-state index in [4.69, 9.17) is 9.84 Å². The van der Waals surface area contributed by atoms with Crippen molar-refractivity contribution in [1.82, 2.24) is 29.8 Å². The molecule has 4 heterocycles. The fourth-order valence-corrected chi connectivity index (χ4v) is 5.63. The summed E-state index contributed by atoms with van der Waals surface area (Å²) in [4.78, 5) is 16.9. The summed E-state index contributed by atoms with van der Waals surface area (Å²) < 4.78 is 7.68. The fourth-order valence-electron chi connectivity index (χ4n) is 5.63. The average Bonchev–Trinajstić information content (AvgIpc) is 3.29. The van der Waals surface area contributed by atoms with Crippen LogP contribution in [0.3, 0.4) is 0 Å². The Morgan fingerprint density at radius 2 is 1.74 bits per heavy atom. The van der Waals surface area contributed by atoms with E-state index in [2.05, 4.69) is 32.0 Å². The lowest BCUT2D eigenvalue weighted by molar-refractivity contribution is 0.0119. The first-order valence-corrected chi connectivity index (χ1v) is 14.2. The van der Waals surface area contributed by atoms with Crippen LogP contribution in [0, 0.1) is 0 Å². The number of aromatic hydroxyl groups is 1. The highest BCUT2D eigenvalue weighted by Crippen LogP contribution is 2.34. The minimum Gasteiger partial charge on any atom is -0.507 e. The zero-order chi connectivity index (χ0) is 27.6. The molecule has 1 amide bonds. The van der Waals surface area contributed by atoms with Gasteiger partial charge in [0, 0.05) is 44.3 Å². The summed E-state index contributed by atoms with van der Waals surface area (Å²) in [6.07, 6.45) is 4.71. The fraction of sp³-hybridized carbons (Fsp3) is 0.586. The summed E-state index contributed by atoms with van der Waals surface area (Å²) in [5, 5.41) is 27.7. The number of aromatic nitrogens is 4. The van der Waals surface area contributed by atoms with Crippen LogP contribution in [0.1, 0.15) is 65.8 Å².